The van der Waals surface area contributed by atoms with Crippen LogP contribution < -0.4 is 10.2 Å². The molecule has 1 saturated heterocycles. The summed E-state index contributed by atoms with van der Waals surface area (Å²) in [6.07, 6.45) is 0. The van der Waals surface area contributed by atoms with Crippen molar-refractivity contribution in [2.24, 2.45) is 5.92 Å². The third kappa shape index (κ3) is 4.89. The molecular formula is C17H26ClN3O. The van der Waals surface area contributed by atoms with Gasteiger partial charge in [0.2, 0.25) is 5.91 Å². The van der Waals surface area contributed by atoms with E-state index in [0.717, 1.165) is 36.9 Å². The average molecular weight is 324 g/mol. The molecule has 0 bridgehead atoms. The quantitative estimate of drug-likeness (QED) is 0.905. The van der Waals surface area contributed by atoms with Gasteiger partial charge in [0.15, 0.2) is 0 Å². The molecule has 5 heteroatoms. The summed E-state index contributed by atoms with van der Waals surface area (Å²) in [4.78, 5) is 16.6. The number of hydrogen-bond acceptors (Lipinski definition) is 3. The Bertz CT molecular complexity index is 498. The summed E-state index contributed by atoms with van der Waals surface area (Å²) in [6.45, 7) is 10.4. The van der Waals surface area contributed by atoms with Gasteiger partial charge in [0.1, 0.15) is 0 Å². The molecule has 1 unspecified atom stereocenters. The van der Waals surface area contributed by atoms with Crippen LogP contribution in [0.2, 0.25) is 5.02 Å². The van der Waals surface area contributed by atoms with Crippen LogP contribution >= 0.6 is 11.6 Å². The molecule has 1 aromatic carbocycles. The summed E-state index contributed by atoms with van der Waals surface area (Å²) in [6, 6.07) is 8.17. The number of carbonyl (C=O) groups is 1. The van der Waals surface area contributed by atoms with Crippen molar-refractivity contribution in [1.29, 1.82) is 0 Å². The lowest BCUT2D eigenvalue weighted by molar-refractivity contribution is -0.123. The van der Waals surface area contributed by atoms with Crippen LogP contribution in [-0.4, -0.2) is 49.6 Å². The molecule has 122 valence electrons. The molecule has 0 radical (unpaired) electrons. The number of amides is 1. The Morgan fingerprint density at radius 3 is 2.50 bits per heavy atom. The maximum Gasteiger partial charge on any atom is 0.234 e. The number of piperazine rings is 1. The van der Waals surface area contributed by atoms with Crippen LogP contribution in [0.4, 0.5) is 5.69 Å². The van der Waals surface area contributed by atoms with Crippen LogP contribution in [0.3, 0.4) is 0 Å². The second kappa shape index (κ2) is 7.84. The fourth-order valence-electron chi connectivity index (χ4n) is 2.51. The van der Waals surface area contributed by atoms with E-state index < -0.39 is 0 Å². The van der Waals surface area contributed by atoms with Gasteiger partial charge in [0.25, 0.3) is 0 Å². The van der Waals surface area contributed by atoms with Gasteiger partial charge in [-0.1, -0.05) is 31.5 Å². The number of hydrogen-bond donors (Lipinski definition) is 1. The molecule has 1 aliphatic heterocycles. The van der Waals surface area contributed by atoms with Crippen molar-refractivity contribution in [3.05, 3.63) is 29.3 Å². The third-order valence-corrected chi connectivity index (χ3v) is 4.54. The molecule has 0 aromatic heterocycles. The van der Waals surface area contributed by atoms with Gasteiger partial charge in [-0.2, -0.15) is 0 Å². The van der Waals surface area contributed by atoms with Crippen molar-refractivity contribution in [3.8, 4) is 0 Å². The zero-order valence-corrected chi connectivity index (χ0v) is 14.4. The maximum atomic E-state index is 12.0. The van der Waals surface area contributed by atoms with Crippen LogP contribution in [0.25, 0.3) is 0 Å². The topological polar surface area (TPSA) is 35.6 Å². The van der Waals surface area contributed by atoms with Gasteiger partial charge in [-0.15, -0.1) is 0 Å². The molecule has 1 aromatic rings. The van der Waals surface area contributed by atoms with Crippen LogP contribution in [0.1, 0.15) is 20.8 Å². The highest BCUT2D eigenvalue weighted by Gasteiger charge is 2.20. The molecule has 22 heavy (non-hydrogen) atoms. The lowest BCUT2D eigenvalue weighted by atomic mass is 10.1. The van der Waals surface area contributed by atoms with Crippen molar-refractivity contribution in [1.82, 2.24) is 10.2 Å². The molecule has 2 rings (SSSR count). The largest absolute Gasteiger partial charge is 0.369 e. The Morgan fingerprint density at radius 1 is 1.23 bits per heavy atom. The summed E-state index contributed by atoms with van der Waals surface area (Å²) in [5, 5.41) is 3.83. The Morgan fingerprint density at radius 2 is 1.91 bits per heavy atom. The van der Waals surface area contributed by atoms with Crippen LogP contribution in [0.15, 0.2) is 24.3 Å². The summed E-state index contributed by atoms with van der Waals surface area (Å²) in [5.41, 5.74) is 1.16. The standard InChI is InChI=1S/C17H26ClN3O/c1-13(2)14(3)19-17(22)12-20-7-9-21(10-8-20)16-6-4-5-15(18)11-16/h4-6,11,13-14H,7-10,12H2,1-3H3,(H,19,22). The molecule has 0 spiro atoms. The third-order valence-electron chi connectivity index (χ3n) is 4.30. The number of anilines is 1. The van der Waals surface area contributed by atoms with E-state index in [1.165, 1.54) is 0 Å². The highest BCUT2D eigenvalue weighted by atomic mass is 35.5. The average Bonchev–Trinajstić information content (AvgIpc) is 2.47. The molecule has 4 nitrogen and oxygen atoms in total. The predicted molar refractivity (Wildman–Crippen MR) is 92.5 cm³/mol. The highest BCUT2D eigenvalue weighted by Crippen LogP contribution is 2.20. The molecule has 1 fully saturated rings. The zero-order valence-electron chi connectivity index (χ0n) is 13.7. The van der Waals surface area contributed by atoms with E-state index in [2.05, 4.69) is 42.0 Å². The number of nitrogens with one attached hydrogen (secondary N) is 1. The Kier molecular flexibility index (Phi) is 6.09. The molecule has 1 heterocycles. The summed E-state index contributed by atoms with van der Waals surface area (Å²) in [5.74, 6) is 0.584. The van der Waals surface area contributed by atoms with Gasteiger partial charge in [0, 0.05) is 42.9 Å². The first-order valence-electron chi connectivity index (χ1n) is 7.98. The lowest BCUT2D eigenvalue weighted by Gasteiger charge is -2.36. The van der Waals surface area contributed by atoms with Crippen LogP contribution in [0, 0.1) is 5.92 Å². The summed E-state index contributed by atoms with van der Waals surface area (Å²) >= 11 is 6.05. The van der Waals surface area contributed by atoms with E-state index in [-0.39, 0.29) is 11.9 Å². The Balaban J connectivity index is 1.79. The fourth-order valence-corrected chi connectivity index (χ4v) is 2.69. The van der Waals surface area contributed by atoms with E-state index >= 15 is 0 Å². The fraction of sp³-hybridized carbons (Fsp3) is 0.588. The van der Waals surface area contributed by atoms with Gasteiger partial charge >= 0.3 is 0 Å². The van der Waals surface area contributed by atoms with Crippen LogP contribution in [-0.2, 0) is 4.79 Å². The zero-order chi connectivity index (χ0) is 16.1. The van der Waals surface area contributed by atoms with Crippen molar-refractivity contribution in [3.63, 3.8) is 0 Å². The number of benzene rings is 1. The number of nitrogens with zero attached hydrogens (tertiary/aromatic N) is 2. The van der Waals surface area contributed by atoms with Crippen molar-refractivity contribution < 1.29 is 4.79 Å². The number of rotatable bonds is 5. The molecular weight excluding hydrogens is 298 g/mol. The minimum absolute atomic E-state index is 0.123. The molecule has 1 N–H and O–H groups in total. The first-order chi connectivity index (χ1) is 10.5. The number of carbonyl (C=O) groups excluding carboxylic acids is 1. The van der Waals surface area contributed by atoms with Gasteiger partial charge in [-0.05, 0) is 31.0 Å². The number of halogens is 1. The molecule has 1 atom stereocenters. The highest BCUT2D eigenvalue weighted by molar-refractivity contribution is 6.30. The monoisotopic (exact) mass is 323 g/mol. The van der Waals surface area contributed by atoms with Gasteiger partial charge in [0.05, 0.1) is 6.54 Å². The molecule has 1 aliphatic rings. The first kappa shape index (κ1) is 17.1. The lowest BCUT2D eigenvalue weighted by Crippen LogP contribution is -2.50. The summed E-state index contributed by atoms with van der Waals surface area (Å²) in [7, 11) is 0. The molecule has 0 saturated carbocycles. The minimum atomic E-state index is 0.123. The Labute approximate surface area is 138 Å². The smallest absolute Gasteiger partial charge is 0.234 e. The van der Waals surface area contributed by atoms with Gasteiger partial charge in [-0.25, -0.2) is 0 Å². The minimum Gasteiger partial charge on any atom is -0.369 e. The van der Waals surface area contributed by atoms with Crippen LogP contribution in [0.5, 0.6) is 0 Å². The summed E-state index contributed by atoms with van der Waals surface area (Å²) < 4.78 is 0. The Hall–Kier alpha value is -1.26. The normalized spacial score (nSPS) is 17.6. The van der Waals surface area contributed by atoms with E-state index in [1.807, 2.05) is 18.2 Å². The van der Waals surface area contributed by atoms with E-state index in [9.17, 15) is 4.79 Å². The second-order valence-corrected chi connectivity index (χ2v) is 6.78. The van der Waals surface area contributed by atoms with E-state index in [4.69, 9.17) is 11.6 Å². The first-order valence-corrected chi connectivity index (χ1v) is 8.35. The SMILES string of the molecule is CC(C)C(C)NC(=O)CN1CCN(c2cccc(Cl)c2)CC1. The van der Waals surface area contributed by atoms with Gasteiger partial charge in [-0.3, -0.25) is 9.69 Å². The maximum absolute atomic E-state index is 12.0. The molecule has 0 aliphatic carbocycles. The van der Waals surface area contributed by atoms with Crippen molar-refractivity contribution in [2.45, 2.75) is 26.8 Å². The van der Waals surface area contributed by atoms with E-state index in [1.54, 1.807) is 0 Å². The second-order valence-electron chi connectivity index (χ2n) is 6.34. The van der Waals surface area contributed by atoms with Crippen molar-refractivity contribution in [2.75, 3.05) is 37.6 Å². The van der Waals surface area contributed by atoms with Crippen molar-refractivity contribution >= 4 is 23.2 Å². The predicted octanol–water partition coefficient (Wildman–Crippen LogP) is 2.62. The van der Waals surface area contributed by atoms with Gasteiger partial charge < -0.3 is 10.2 Å². The molecule has 1 amide bonds. The van der Waals surface area contributed by atoms with E-state index in [0.29, 0.717) is 12.5 Å².